The number of likely N-dealkylation sites (tertiary alicyclic amines) is 1. The summed E-state index contributed by atoms with van der Waals surface area (Å²) in [6.45, 7) is 4.59. The Bertz CT molecular complexity index is 431. The first-order valence-electron chi connectivity index (χ1n) is 10.9. The van der Waals surface area contributed by atoms with Gasteiger partial charge in [-0.3, -0.25) is 4.79 Å². The fourth-order valence-corrected chi connectivity index (χ4v) is 3.49. The lowest BCUT2D eigenvalue weighted by molar-refractivity contribution is -0.968. The van der Waals surface area contributed by atoms with E-state index in [9.17, 15) is 15.0 Å². The second kappa shape index (κ2) is 15.1. The van der Waals surface area contributed by atoms with Crippen LogP contribution in [0, 0.1) is 0 Å². The summed E-state index contributed by atoms with van der Waals surface area (Å²) in [7, 11) is 0. The molecule has 3 unspecified atom stereocenters. The summed E-state index contributed by atoms with van der Waals surface area (Å²) in [4.78, 5) is 12.0. The van der Waals surface area contributed by atoms with Crippen molar-refractivity contribution in [2.24, 2.45) is 0 Å². The van der Waals surface area contributed by atoms with E-state index < -0.39 is 24.2 Å². The van der Waals surface area contributed by atoms with Crippen molar-refractivity contribution in [1.29, 1.82) is 0 Å². The summed E-state index contributed by atoms with van der Waals surface area (Å²) < 4.78 is 11.1. The Morgan fingerprint density at radius 1 is 0.931 bits per heavy atom. The summed E-state index contributed by atoms with van der Waals surface area (Å²) >= 11 is 0. The maximum atomic E-state index is 12.0. The van der Waals surface area contributed by atoms with Gasteiger partial charge in [0, 0.05) is 13.2 Å². The van der Waals surface area contributed by atoms with Gasteiger partial charge in [0.2, 0.25) is 0 Å². The highest BCUT2D eigenvalue weighted by molar-refractivity contribution is 5.78. The SMILES string of the molecule is CC(O)C(=O)N[N+]1(CC(O)COCCCCCCOCC(O)CO)CCCCC1. The first-order chi connectivity index (χ1) is 13.9. The Hall–Kier alpha value is -0.810. The van der Waals surface area contributed by atoms with Crippen molar-refractivity contribution in [1.82, 2.24) is 5.43 Å². The number of unbranched alkanes of at least 4 members (excludes halogenated alkanes) is 3. The average molecular weight is 422 g/mol. The smallest absolute Gasteiger partial charge is 0.293 e. The average Bonchev–Trinajstić information content (AvgIpc) is 2.69. The third-order valence-corrected chi connectivity index (χ3v) is 5.12. The Balaban J connectivity index is 2.13. The van der Waals surface area contributed by atoms with Gasteiger partial charge in [-0.15, -0.1) is 0 Å². The number of nitrogens with zero attached hydrogens (tertiary/aromatic N) is 1. The summed E-state index contributed by atoms with van der Waals surface area (Å²) in [6, 6.07) is 0. The van der Waals surface area contributed by atoms with Crippen molar-refractivity contribution >= 4 is 5.91 Å². The predicted molar refractivity (Wildman–Crippen MR) is 108 cm³/mol. The molecule has 0 spiro atoms. The zero-order valence-corrected chi connectivity index (χ0v) is 17.8. The van der Waals surface area contributed by atoms with Crippen LogP contribution >= 0.6 is 0 Å². The molecular formula is C20H41N2O7+. The molecule has 0 aliphatic carbocycles. The molecule has 1 amide bonds. The van der Waals surface area contributed by atoms with Gasteiger partial charge < -0.3 is 29.9 Å². The van der Waals surface area contributed by atoms with Gasteiger partial charge in [-0.25, -0.2) is 4.59 Å². The molecule has 172 valence electrons. The van der Waals surface area contributed by atoms with Crippen LogP contribution in [0.1, 0.15) is 51.9 Å². The molecule has 0 radical (unpaired) electrons. The fourth-order valence-electron chi connectivity index (χ4n) is 3.49. The van der Waals surface area contributed by atoms with Gasteiger partial charge in [-0.05, 0) is 39.0 Å². The number of nitrogens with one attached hydrogen (secondary N) is 1. The van der Waals surface area contributed by atoms with E-state index in [1.807, 2.05) is 0 Å². The highest BCUT2D eigenvalue weighted by atomic mass is 16.5. The highest BCUT2D eigenvalue weighted by Crippen LogP contribution is 2.17. The molecule has 0 saturated carbocycles. The lowest BCUT2D eigenvalue weighted by Gasteiger charge is -2.41. The number of hydrogen-bond donors (Lipinski definition) is 5. The molecule has 5 N–H and O–H groups in total. The minimum atomic E-state index is -1.06. The lowest BCUT2D eigenvalue weighted by atomic mass is 10.1. The van der Waals surface area contributed by atoms with E-state index in [0.29, 0.717) is 24.4 Å². The number of carbonyl (C=O) groups is 1. The summed E-state index contributed by atoms with van der Waals surface area (Å²) in [5.74, 6) is -0.408. The van der Waals surface area contributed by atoms with E-state index >= 15 is 0 Å². The molecule has 0 aromatic rings. The molecule has 9 heteroatoms. The largest absolute Gasteiger partial charge is 0.394 e. The Morgan fingerprint density at radius 2 is 1.48 bits per heavy atom. The molecular weight excluding hydrogens is 380 g/mol. The van der Waals surface area contributed by atoms with Crippen LogP contribution in [-0.2, 0) is 14.3 Å². The van der Waals surface area contributed by atoms with Crippen LogP contribution in [-0.4, -0.2) is 102 Å². The standard InChI is InChI=1S/C20H40N2O7/c1-17(24)20(27)21-22(9-5-4-6-10-22)13-18(25)15-28-11-7-2-3-8-12-29-16-19(26)14-23/h17-19,23-26H,2-16H2,1H3/p+1. The quantitative estimate of drug-likeness (QED) is 0.171. The minimum Gasteiger partial charge on any atom is -0.394 e. The number of aliphatic hydroxyl groups is 4. The van der Waals surface area contributed by atoms with Crippen LogP contribution in [0.25, 0.3) is 0 Å². The molecule has 1 rings (SSSR count). The van der Waals surface area contributed by atoms with Crippen LogP contribution in [0.5, 0.6) is 0 Å². The van der Waals surface area contributed by atoms with Gasteiger partial charge in [0.05, 0.1) is 19.8 Å². The zero-order chi connectivity index (χ0) is 21.5. The monoisotopic (exact) mass is 421 g/mol. The van der Waals surface area contributed by atoms with Crippen molar-refractivity contribution in [3.05, 3.63) is 0 Å². The normalized spacial score (nSPS) is 19.5. The summed E-state index contributed by atoms with van der Waals surface area (Å²) in [6.07, 6.45) is 4.31. The number of ether oxygens (including phenoxy) is 2. The van der Waals surface area contributed by atoms with Gasteiger partial charge in [0.15, 0.2) is 0 Å². The number of carbonyl (C=O) groups excluding carboxylic acids is 1. The Labute approximate surface area is 174 Å². The van der Waals surface area contributed by atoms with Gasteiger partial charge in [-0.2, -0.15) is 5.43 Å². The first-order valence-corrected chi connectivity index (χ1v) is 10.9. The minimum absolute atomic E-state index is 0.162. The van der Waals surface area contributed by atoms with E-state index in [2.05, 4.69) is 5.43 Å². The third kappa shape index (κ3) is 11.8. The molecule has 0 aromatic heterocycles. The van der Waals surface area contributed by atoms with Gasteiger partial charge in [0.1, 0.15) is 37.9 Å². The molecule has 9 nitrogen and oxygen atoms in total. The Morgan fingerprint density at radius 3 is 2.00 bits per heavy atom. The number of quaternary nitrogens is 1. The van der Waals surface area contributed by atoms with E-state index in [4.69, 9.17) is 19.7 Å². The van der Waals surface area contributed by atoms with Crippen LogP contribution in [0.4, 0.5) is 0 Å². The van der Waals surface area contributed by atoms with Gasteiger partial charge >= 0.3 is 0 Å². The maximum Gasteiger partial charge on any atom is 0.293 e. The molecule has 29 heavy (non-hydrogen) atoms. The van der Waals surface area contributed by atoms with Crippen molar-refractivity contribution in [2.45, 2.75) is 70.2 Å². The van der Waals surface area contributed by atoms with Crippen molar-refractivity contribution < 1.29 is 39.3 Å². The van der Waals surface area contributed by atoms with E-state index in [-0.39, 0.29) is 19.8 Å². The second-order valence-electron chi connectivity index (χ2n) is 8.04. The van der Waals surface area contributed by atoms with Crippen LogP contribution in [0.3, 0.4) is 0 Å². The molecule has 3 atom stereocenters. The van der Waals surface area contributed by atoms with Crippen molar-refractivity contribution in [3.63, 3.8) is 0 Å². The topological polar surface area (TPSA) is 128 Å². The molecule has 1 aliphatic rings. The van der Waals surface area contributed by atoms with Crippen LogP contribution < -0.4 is 5.43 Å². The predicted octanol–water partition coefficient (Wildman–Crippen LogP) is -0.293. The summed E-state index contributed by atoms with van der Waals surface area (Å²) in [5.41, 5.74) is 2.90. The molecule has 1 aliphatic heterocycles. The van der Waals surface area contributed by atoms with Crippen molar-refractivity contribution in [2.75, 3.05) is 52.7 Å². The number of rotatable bonds is 16. The summed E-state index contributed by atoms with van der Waals surface area (Å²) in [5, 5.41) is 37.7. The number of amides is 1. The molecule has 1 saturated heterocycles. The second-order valence-corrected chi connectivity index (χ2v) is 8.04. The number of piperidine rings is 1. The maximum absolute atomic E-state index is 12.0. The van der Waals surface area contributed by atoms with Crippen molar-refractivity contribution in [3.8, 4) is 0 Å². The lowest BCUT2D eigenvalue weighted by Crippen LogP contribution is -2.66. The molecule has 0 aromatic carbocycles. The zero-order valence-electron chi connectivity index (χ0n) is 17.8. The van der Waals surface area contributed by atoms with E-state index in [1.54, 1.807) is 0 Å². The molecule has 1 heterocycles. The van der Waals surface area contributed by atoms with E-state index in [1.165, 1.54) is 6.92 Å². The number of aliphatic hydroxyl groups excluding tert-OH is 4. The van der Waals surface area contributed by atoms with Crippen LogP contribution in [0.15, 0.2) is 0 Å². The number of hydrogen-bond acceptors (Lipinski definition) is 7. The Kier molecular flexibility index (Phi) is 13.6. The van der Waals surface area contributed by atoms with Gasteiger partial charge in [-0.1, -0.05) is 12.8 Å². The van der Waals surface area contributed by atoms with E-state index in [0.717, 1.165) is 58.0 Å². The highest BCUT2D eigenvalue weighted by Gasteiger charge is 2.35. The fraction of sp³-hybridized carbons (Fsp3) is 0.950. The molecule has 0 bridgehead atoms. The van der Waals surface area contributed by atoms with Crippen LogP contribution in [0.2, 0.25) is 0 Å². The molecule has 1 fully saturated rings. The van der Waals surface area contributed by atoms with Gasteiger partial charge in [0.25, 0.3) is 5.91 Å². The first kappa shape index (κ1) is 26.2. The third-order valence-electron chi connectivity index (χ3n) is 5.12.